The minimum atomic E-state index is 0.0400. The minimum absolute atomic E-state index is 0.0400. The lowest BCUT2D eigenvalue weighted by molar-refractivity contribution is -0.119. The number of rotatable bonds is 4. The molecule has 1 heterocycles. The van der Waals surface area contributed by atoms with E-state index in [2.05, 4.69) is 22.4 Å². The number of nitrogens with one attached hydrogen (secondary N) is 2. The van der Waals surface area contributed by atoms with E-state index in [-0.39, 0.29) is 11.8 Å². The molecule has 0 bridgehead atoms. The van der Waals surface area contributed by atoms with Gasteiger partial charge in [0.15, 0.2) is 0 Å². The highest BCUT2D eigenvalue weighted by Gasteiger charge is 2.13. The molecule has 0 saturated heterocycles. The van der Waals surface area contributed by atoms with Gasteiger partial charge in [0.2, 0.25) is 5.91 Å². The number of H-pyrrole nitrogens is 1. The first-order chi connectivity index (χ1) is 8.22. The van der Waals surface area contributed by atoms with E-state index >= 15 is 0 Å². The van der Waals surface area contributed by atoms with Crippen LogP contribution in [0.2, 0.25) is 0 Å². The van der Waals surface area contributed by atoms with Gasteiger partial charge in [0, 0.05) is 11.3 Å². The molecule has 1 amide bonds. The van der Waals surface area contributed by atoms with Gasteiger partial charge in [0.05, 0.1) is 17.4 Å². The molecule has 0 aliphatic heterocycles. The van der Waals surface area contributed by atoms with E-state index < -0.39 is 0 Å². The van der Waals surface area contributed by atoms with Crippen molar-refractivity contribution >= 4 is 22.5 Å². The van der Waals surface area contributed by atoms with Crippen LogP contribution in [0.5, 0.6) is 0 Å². The molecule has 2 N–H and O–H groups in total. The van der Waals surface area contributed by atoms with Gasteiger partial charge >= 0.3 is 0 Å². The molecule has 0 spiro atoms. The largest absolute Gasteiger partial charge is 0.324 e. The quantitative estimate of drug-likeness (QED) is 0.850. The summed E-state index contributed by atoms with van der Waals surface area (Å²) >= 11 is 0. The molecule has 1 aromatic carbocycles. The number of para-hydroxylation sites is 1. The molecule has 4 nitrogen and oxygen atoms in total. The predicted octanol–water partition coefficient (Wildman–Crippen LogP) is 2.94. The normalized spacial score (nSPS) is 12.6. The van der Waals surface area contributed by atoms with Crippen LogP contribution in [-0.4, -0.2) is 16.1 Å². The van der Waals surface area contributed by atoms with Gasteiger partial charge < -0.3 is 5.32 Å². The third-order valence-corrected chi connectivity index (χ3v) is 2.90. The van der Waals surface area contributed by atoms with Crippen molar-refractivity contribution in [2.45, 2.75) is 26.7 Å². The van der Waals surface area contributed by atoms with Crippen molar-refractivity contribution in [2.75, 3.05) is 5.32 Å². The molecule has 2 rings (SSSR count). The summed E-state index contributed by atoms with van der Waals surface area (Å²) in [7, 11) is 0. The highest BCUT2D eigenvalue weighted by molar-refractivity contribution is 6.00. The summed E-state index contributed by atoms with van der Waals surface area (Å²) in [6.07, 6.45) is 3.67. The fraction of sp³-hybridized carbons (Fsp3) is 0.385. The van der Waals surface area contributed by atoms with Gasteiger partial charge in [0.1, 0.15) is 0 Å². The summed E-state index contributed by atoms with van der Waals surface area (Å²) in [6, 6.07) is 5.76. The lowest BCUT2D eigenvalue weighted by Gasteiger charge is -2.11. The Hall–Kier alpha value is -1.84. The van der Waals surface area contributed by atoms with E-state index in [4.69, 9.17) is 0 Å². The van der Waals surface area contributed by atoms with Gasteiger partial charge in [-0.2, -0.15) is 5.10 Å². The number of aromatic amines is 1. The minimum Gasteiger partial charge on any atom is -0.324 e. The average Bonchev–Trinajstić information content (AvgIpc) is 2.78. The molecule has 1 unspecified atom stereocenters. The van der Waals surface area contributed by atoms with E-state index in [0.717, 1.165) is 29.4 Å². The van der Waals surface area contributed by atoms with E-state index in [1.807, 2.05) is 25.1 Å². The summed E-state index contributed by atoms with van der Waals surface area (Å²) in [5.74, 6) is 0.104. The molecule has 90 valence electrons. The highest BCUT2D eigenvalue weighted by atomic mass is 16.1. The van der Waals surface area contributed by atoms with Crippen molar-refractivity contribution < 1.29 is 4.79 Å². The van der Waals surface area contributed by atoms with Crippen LogP contribution in [0.15, 0.2) is 24.4 Å². The van der Waals surface area contributed by atoms with Gasteiger partial charge in [-0.15, -0.1) is 0 Å². The predicted molar refractivity (Wildman–Crippen MR) is 68.8 cm³/mol. The van der Waals surface area contributed by atoms with E-state index in [9.17, 15) is 4.79 Å². The molecule has 0 aliphatic carbocycles. The van der Waals surface area contributed by atoms with Crippen LogP contribution in [0.3, 0.4) is 0 Å². The van der Waals surface area contributed by atoms with Crippen LogP contribution in [0, 0.1) is 5.92 Å². The topological polar surface area (TPSA) is 57.8 Å². The second-order valence-corrected chi connectivity index (χ2v) is 4.32. The number of aromatic nitrogens is 2. The average molecular weight is 231 g/mol. The zero-order chi connectivity index (χ0) is 12.3. The van der Waals surface area contributed by atoms with Crippen LogP contribution in [0.1, 0.15) is 26.7 Å². The zero-order valence-electron chi connectivity index (χ0n) is 10.2. The van der Waals surface area contributed by atoms with Gasteiger partial charge in [-0.05, 0) is 12.5 Å². The number of hydrogen-bond donors (Lipinski definition) is 2. The smallest absolute Gasteiger partial charge is 0.227 e. The molecule has 0 radical (unpaired) electrons. The van der Waals surface area contributed by atoms with Gasteiger partial charge in [-0.25, -0.2) is 0 Å². The second-order valence-electron chi connectivity index (χ2n) is 4.32. The van der Waals surface area contributed by atoms with Crippen molar-refractivity contribution in [1.29, 1.82) is 0 Å². The molecule has 17 heavy (non-hydrogen) atoms. The van der Waals surface area contributed by atoms with Crippen molar-refractivity contribution in [2.24, 2.45) is 5.92 Å². The second kappa shape index (κ2) is 4.99. The standard InChI is InChI=1S/C13H17N3O/c1-3-5-9(2)13(17)15-11-7-4-6-10-8-14-16-12(10)11/h4,6-9H,3,5H2,1-2H3,(H,14,16)(H,15,17). The Labute approximate surface area is 100 Å². The van der Waals surface area contributed by atoms with Crippen LogP contribution < -0.4 is 5.32 Å². The van der Waals surface area contributed by atoms with Crippen molar-refractivity contribution in [3.63, 3.8) is 0 Å². The Morgan fingerprint density at radius 2 is 2.35 bits per heavy atom. The zero-order valence-corrected chi connectivity index (χ0v) is 10.2. The number of carbonyl (C=O) groups is 1. The molecule has 1 atom stereocenters. The lowest BCUT2D eigenvalue weighted by Crippen LogP contribution is -2.20. The number of benzene rings is 1. The third kappa shape index (κ3) is 2.46. The monoisotopic (exact) mass is 231 g/mol. The molecule has 0 saturated carbocycles. The van der Waals surface area contributed by atoms with Crippen LogP contribution >= 0.6 is 0 Å². The molecule has 0 aliphatic rings. The summed E-state index contributed by atoms with van der Waals surface area (Å²) in [4.78, 5) is 11.9. The van der Waals surface area contributed by atoms with Crippen LogP contribution in [-0.2, 0) is 4.79 Å². The summed E-state index contributed by atoms with van der Waals surface area (Å²) in [6.45, 7) is 4.03. The van der Waals surface area contributed by atoms with E-state index in [1.165, 1.54) is 0 Å². The first-order valence-electron chi connectivity index (χ1n) is 5.95. The number of amides is 1. The fourth-order valence-corrected chi connectivity index (χ4v) is 1.89. The Morgan fingerprint density at radius 1 is 1.53 bits per heavy atom. The van der Waals surface area contributed by atoms with Crippen molar-refractivity contribution in [3.8, 4) is 0 Å². The third-order valence-electron chi connectivity index (χ3n) is 2.90. The molecular weight excluding hydrogens is 214 g/mol. The maximum Gasteiger partial charge on any atom is 0.227 e. The number of hydrogen-bond acceptors (Lipinski definition) is 2. The van der Waals surface area contributed by atoms with Crippen LogP contribution in [0.4, 0.5) is 5.69 Å². The van der Waals surface area contributed by atoms with E-state index in [1.54, 1.807) is 6.20 Å². The summed E-state index contributed by atoms with van der Waals surface area (Å²) < 4.78 is 0. The summed E-state index contributed by atoms with van der Waals surface area (Å²) in [5.41, 5.74) is 1.68. The first kappa shape index (κ1) is 11.6. The Bertz CT molecular complexity index is 518. The molecule has 4 heteroatoms. The molecule has 1 aromatic heterocycles. The molecule has 2 aromatic rings. The Morgan fingerprint density at radius 3 is 3.12 bits per heavy atom. The van der Waals surface area contributed by atoms with Gasteiger partial charge in [-0.3, -0.25) is 9.89 Å². The van der Waals surface area contributed by atoms with Crippen LogP contribution in [0.25, 0.3) is 10.9 Å². The number of anilines is 1. The highest BCUT2D eigenvalue weighted by Crippen LogP contribution is 2.21. The number of fused-ring (bicyclic) bond motifs is 1. The van der Waals surface area contributed by atoms with E-state index in [0.29, 0.717) is 0 Å². The number of carbonyl (C=O) groups excluding carboxylic acids is 1. The van der Waals surface area contributed by atoms with Crippen molar-refractivity contribution in [3.05, 3.63) is 24.4 Å². The Balaban J connectivity index is 2.18. The Kier molecular flexibility index (Phi) is 3.42. The van der Waals surface area contributed by atoms with Gasteiger partial charge in [-0.1, -0.05) is 32.4 Å². The SMILES string of the molecule is CCCC(C)C(=O)Nc1cccc2cn[nH]c12. The molecular formula is C13H17N3O. The fourth-order valence-electron chi connectivity index (χ4n) is 1.89. The maximum atomic E-state index is 11.9. The van der Waals surface area contributed by atoms with Gasteiger partial charge in [0.25, 0.3) is 0 Å². The lowest BCUT2D eigenvalue weighted by atomic mass is 10.1. The number of nitrogens with zero attached hydrogens (tertiary/aromatic N) is 1. The summed E-state index contributed by atoms with van der Waals surface area (Å²) in [5, 5.41) is 10.8. The molecule has 0 fully saturated rings. The maximum absolute atomic E-state index is 11.9. The van der Waals surface area contributed by atoms with Crippen molar-refractivity contribution in [1.82, 2.24) is 10.2 Å². The first-order valence-corrected chi connectivity index (χ1v) is 5.95.